The van der Waals surface area contributed by atoms with Crippen molar-refractivity contribution in [2.75, 3.05) is 13.7 Å². The zero-order chi connectivity index (χ0) is 38.1. The van der Waals surface area contributed by atoms with Crippen molar-refractivity contribution in [3.05, 3.63) is 168 Å². The number of rotatable bonds is 12. The number of carbonyl (C=O) groups is 3. The fourth-order valence-corrected chi connectivity index (χ4v) is 11.4. The van der Waals surface area contributed by atoms with E-state index in [0.717, 1.165) is 10.4 Å². The molecule has 1 heterocycles. The molecule has 5 atom stereocenters. The number of benzene rings is 5. The predicted molar refractivity (Wildman–Crippen MR) is 206 cm³/mol. The van der Waals surface area contributed by atoms with E-state index in [-0.39, 0.29) is 23.3 Å². The van der Waals surface area contributed by atoms with Crippen molar-refractivity contribution in [2.45, 2.75) is 56.5 Å². The molecule has 0 N–H and O–H groups in total. The van der Waals surface area contributed by atoms with E-state index in [1.54, 1.807) is 91.0 Å². The van der Waals surface area contributed by atoms with Crippen LogP contribution < -0.4 is 10.4 Å². The van der Waals surface area contributed by atoms with E-state index < -0.39 is 62.0 Å². The van der Waals surface area contributed by atoms with E-state index in [4.69, 9.17) is 28.1 Å². The summed E-state index contributed by atoms with van der Waals surface area (Å²) in [5.41, 5.74) is 0.777. The molecule has 278 valence electrons. The Morgan fingerprint density at radius 1 is 0.537 bits per heavy atom. The molecule has 54 heavy (non-hydrogen) atoms. The third kappa shape index (κ3) is 8.37. The summed E-state index contributed by atoms with van der Waals surface area (Å²) in [5, 5.41) is 1.67. The van der Waals surface area contributed by atoms with Crippen LogP contribution in [0.3, 0.4) is 0 Å². The first-order valence-electron chi connectivity index (χ1n) is 17.8. The van der Waals surface area contributed by atoms with Gasteiger partial charge in [0.15, 0.2) is 24.6 Å². The Balaban J connectivity index is 1.45. The van der Waals surface area contributed by atoms with Crippen molar-refractivity contribution in [3.8, 4) is 0 Å². The molecule has 0 aliphatic carbocycles. The predicted octanol–water partition coefficient (Wildman–Crippen LogP) is 6.61. The third-order valence-electron chi connectivity index (χ3n) is 9.46. The summed E-state index contributed by atoms with van der Waals surface area (Å²) >= 11 is 0. The Bertz CT molecular complexity index is 1930. The van der Waals surface area contributed by atoms with Gasteiger partial charge in [0.2, 0.25) is 0 Å². The summed E-state index contributed by atoms with van der Waals surface area (Å²) in [6.45, 7) is 6.35. The summed E-state index contributed by atoms with van der Waals surface area (Å²) in [6, 6.07) is 45.4. The maximum atomic E-state index is 13.9. The minimum Gasteiger partial charge on any atom is -0.452 e. The highest BCUT2D eigenvalue weighted by atomic mass is 28.4. The molecule has 0 aromatic heterocycles. The molecule has 0 radical (unpaired) electrons. The summed E-state index contributed by atoms with van der Waals surface area (Å²) in [5.74, 6) is -2.11. The highest BCUT2D eigenvalue weighted by Crippen LogP contribution is 2.38. The average Bonchev–Trinajstić information content (AvgIpc) is 3.21. The van der Waals surface area contributed by atoms with Crippen LogP contribution in [0.15, 0.2) is 152 Å². The maximum absolute atomic E-state index is 13.9. The number of esters is 3. The molecule has 0 bridgehead atoms. The standard InChI is InChI=1S/C44H44O9Si/c1-44(2,3)54(34-26-16-8-17-27-34,35-28-18-9-19-29-35)49-30-36-37(51-40(45)31-20-10-5-11-21-31)38(52-41(46)32-22-12-6-13-23-32)39(43(48-4)50-36)53-42(47)33-24-14-7-15-25-33/h5-29,36-39,43H,30H2,1-4H3/t36?,37-,38-,39?,43+/m1/s1. The third-order valence-corrected chi connectivity index (χ3v) is 14.5. The van der Waals surface area contributed by atoms with E-state index in [1.165, 1.54) is 7.11 Å². The van der Waals surface area contributed by atoms with Crippen molar-refractivity contribution < 1.29 is 42.5 Å². The minimum absolute atomic E-state index is 0.0986. The lowest BCUT2D eigenvalue weighted by Crippen LogP contribution is -2.69. The van der Waals surface area contributed by atoms with E-state index in [0.29, 0.717) is 0 Å². The Morgan fingerprint density at radius 3 is 1.26 bits per heavy atom. The van der Waals surface area contributed by atoms with Gasteiger partial charge in [-0.05, 0) is 51.8 Å². The molecule has 1 aliphatic heterocycles. The van der Waals surface area contributed by atoms with Crippen molar-refractivity contribution >= 4 is 36.6 Å². The molecule has 5 aromatic carbocycles. The van der Waals surface area contributed by atoms with Crippen molar-refractivity contribution in [3.63, 3.8) is 0 Å². The van der Waals surface area contributed by atoms with Crippen molar-refractivity contribution in [1.82, 2.24) is 0 Å². The molecular formula is C44H44O9Si. The van der Waals surface area contributed by atoms with Gasteiger partial charge in [-0.2, -0.15) is 0 Å². The second-order valence-corrected chi connectivity index (χ2v) is 18.3. The number of hydrogen-bond donors (Lipinski definition) is 0. The molecule has 10 heteroatoms. The van der Waals surface area contributed by atoms with Gasteiger partial charge in [0.1, 0.15) is 6.10 Å². The second kappa shape index (κ2) is 17.2. The first-order chi connectivity index (χ1) is 26.1. The lowest BCUT2D eigenvalue weighted by atomic mass is 9.97. The average molecular weight is 745 g/mol. The van der Waals surface area contributed by atoms with E-state index in [9.17, 15) is 14.4 Å². The van der Waals surface area contributed by atoms with Crippen LogP contribution in [0.25, 0.3) is 0 Å². The largest absolute Gasteiger partial charge is 0.452 e. The lowest BCUT2D eigenvalue weighted by Gasteiger charge is -2.47. The first-order valence-corrected chi connectivity index (χ1v) is 19.7. The first kappa shape index (κ1) is 38.3. The zero-order valence-electron chi connectivity index (χ0n) is 30.7. The molecule has 1 aliphatic rings. The SMILES string of the molecule is CO[C@H]1OC(CO[Si](c2ccccc2)(c2ccccc2)C(C)(C)C)[C@@H](OC(=O)c2ccccc2)[C@@H](OC(=O)c2ccccc2)C1OC(=O)c1ccccc1. The zero-order valence-corrected chi connectivity index (χ0v) is 31.7. The molecule has 6 rings (SSSR count). The van der Waals surface area contributed by atoms with Crippen LogP contribution in [-0.4, -0.2) is 70.6 Å². The second-order valence-electron chi connectivity index (χ2n) is 14.0. The molecule has 5 aromatic rings. The van der Waals surface area contributed by atoms with E-state index in [1.807, 2.05) is 36.4 Å². The fourth-order valence-electron chi connectivity index (χ4n) is 6.87. The molecule has 0 amide bonds. The Hall–Kier alpha value is -5.39. The Morgan fingerprint density at radius 2 is 0.889 bits per heavy atom. The summed E-state index contributed by atoms with van der Waals surface area (Å²) < 4.78 is 38.2. The molecular weight excluding hydrogens is 701 g/mol. The molecule has 1 saturated heterocycles. The van der Waals surface area contributed by atoms with Gasteiger partial charge in [0.05, 0.1) is 23.3 Å². The summed E-state index contributed by atoms with van der Waals surface area (Å²) in [6.07, 6.45) is -6.35. The lowest BCUT2D eigenvalue weighted by molar-refractivity contribution is -0.291. The van der Waals surface area contributed by atoms with Crippen molar-refractivity contribution in [1.29, 1.82) is 0 Å². The van der Waals surface area contributed by atoms with Crippen LogP contribution in [-0.2, 0) is 28.1 Å². The quantitative estimate of drug-likeness (QED) is 0.0793. The van der Waals surface area contributed by atoms with Gasteiger partial charge in [-0.15, -0.1) is 0 Å². The summed E-state index contributed by atoms with van der Waals surface area (Å²) in [7, 11) is -1.74. The Kier molecular flexibility index (Phi) is 12.2. The van der Waals surface area contributed by atoms with Gasteiger partial charge in [0, 0.05) is 7.11 Å². The van der Waals surface area contributed by atoms with Gasteiger partial charge in [-0.1, -0.05) is 136 Å². The van der Waals surface area contributed by atoms with Gasteiger partial charge in [-0.3, -0.25) is 0 Å². The van der Waals surface area contributed by atoms with Crippen LogP contribution >= 0.6 is 0 Å². The highest BCUT2D eigenvalue weighted by Gasteiger charge is 2.56. The van der Waals surface area contributed by atoms with Crippen LogP contribution in [0.2, 0.25) is 5.04 Å². The van der Waals surface area contributed by atoms with Crippen LogP contribution in [0, 0.1) is 0 Å². The maximum Gasteiger partial charge on any atom is 0.338 e. The normalized spacial score (nSPS) is 20.0. The minimum atomic E-state index is -3.15. The molecule has 0 saturated carbocycles. The van der Waals surface area contributed by atoms with E-state index >= 15 is 0 Å². The summed E-state index contributed by atoms with van der Waals surface area (Å²) in [4.78, 5) is 41.3. The number of methoxy groups -OCH3 is 1. The number of carbonyl (C=O) groups excluding carboxylic acids is 3. The highest BCUT2D eigenvalue weighted by molar-refractivity contribution is 6.99. The monoisotopic (exact) mass is 744 g/mol. The van der Waals surface area contributed by atoms with Gasteiger partial charge < -0.3 is 28.1 Å². The van der Waals surface area contributed by atoms with Crippen molar-refractivity contribution in [2.24, 2.45) is 0 Å². The smallest absolute Gasteiger partial charge is 0.338 e. The van der Waals surface area contributed by atoms with Crippen LogP contribution in [0.4, 0.5) is 0 Å². The van der Waals surface area contributed by atoms with Crippen LogP contribution in [0.5, 0.6) is 0 Å². The van der Waals surface area contributed by atoms with Gasteiger partial charge in [0.25, 0.3) is 8.32 Å². The fraction of sp³-hybridized carbons (Fsp3) is 0.250. The number of hydrogen-bond acceptors (Lipinski definition) is 9. The molecule has 2 unspecified atom stereocenters. The molecule has 1 fully saturated rings. The topological polar surface area (TPSA) is 107 Å². The molecule has 0 spiro atoms. The van der Waals surface area contributed by atoms with Gasteiger partial charge in [-0.25, -0.2) is 14.4 Å². The number of ether oxygens (including phenoxy) is 5. The van der Waals surface area contributed by atoms with Crippen LogP contribution in [0.1, 0.15) is 51.8 Å². The van der Waals surface area contributed by atoms with E-state index in [2.05, 4.69) is 45.0 Å². The Labute approximate surface area is 316 Å². The van der Waals surface area contributed by atoms with Gasteiger partial charge >= 0.3 is 17.9 Å². The molecule has 9 nitrogen and oxygen atoms in total.